The molecule has 0 aromatic carbocycles. The Hall–Kier alpha value is -0.570. The predicted octanol–water partition coefficient (Wildman–Crippen LogP) is 2.36. The minimum absolute atomic E-state index is 0.255. The van der Waals surface area contributed by atoms with Crippen LogP contribution in [0.1, 0.15) is 46.0 Å². The van der Waals surface area contributed by atoms with Gasteiger partial charge in [-0.2, -0.15) is 0 Å². The molecular formula is C12H23NO2. The molecule has 0 amide bonds. The molecule has 3 nitrogen and oxygen atoms in total. The number of rotatable bonds is 6. The molecule has 1 rings (SSSR count). The Labute approximate surface area is 92.5 Å². The van der Waals surface area contributed by atoms with Crippen LogP contribution in [0, 0.1) is 5.92 Å². The first kappa shape index (κ1) is 12.5. The highest BCUT2D eigenvalue weighted by atomic mass is 16.4. The van der Waals surface area contributed by atoms with Gasteiger partial charge in [0.05, 0.1) is 6.42 Å². The van der Waals surface area contributed by atoms with Gasteiger partial charge in [0.15, 0.2) is 0 Å². The van der Waals surface area contributed by atoms with Crippen molar-refractivity contribution in [1.82, 2.24) is 4.90 Å². The summed E-state index contributed by atoms with van der Waals surface area (Å²) < 4.78 is 0. The van der Waals surface area contributed by atoms with E-state index in [1.807, 2.05) is 0 Å². The van der Waals surface area contributed by atoms with E-state index in [9.17, 15) is 4.79 Å². The van der Waals surface area contributed by atoms with Crippen molar-refractivity contribution in [3.63, 3.8) is 0 Å². The molecule has 1 heterocycles. The van der Waals surface area contributed by atoms with Crippen molar-refractivity contribution in [1.29, 1.82) is 0 Å². The quantitative estimate of drug-likeness (QED) is 0.736. The maximum absolute atomic E-state index is 10.8. The molecule has 1 fully saturated rings. The van der Waals surface area contributed by atoms with Crippen molar-refractivity contribution in [3.8, 4) is 0 Å². The Morgan fingerprint density at radius 1 is 1.40 bits per heavy atom. The van der Waals surface area contributed by atoms with Crippen LogP contribution in [-0.4, -0.2) is 35.1 Å². The molecule has 2 unspecified atom stereocenters. The van der Waals surface area contributed by atoms with Gasteiger partial charge in [-0.15, -0.1) is 0 Å². The van der Waals surface area contributed by atoms with Crippen LogP contribution in [0.2, 0.25) is 0 Å². The Kier molecular flexibility index (Phi) is 5.09. The third-order valence-corrected chi connectivity index (χ3v) is 3.39. The van der Waals surface area contributed by atoms with Gasteiger partial charge in [-0.1, -0.05) is 20.3 Å². The number of carbonyl (C=O) groups is 1. The van der Waals surface area contributed by atoms with Crippen LogP contribution in [0.5, 0.6) is 0 Å². The molecule has 0 aliphatic carbocycles. The average molecular weight is 213 g/mol. The summed E-state index contributed by atoms with van der Waals surface area (Å²) in [5, 5.41) is 8.93. The summed E-state index contributed by atoms with van der Waals surface area (Å²) in [6, 6.07) is 0.255. The molecule has 0 saturated carbocycles. The summed E-state index contributed by atoms with van der Waals surface area (Å²) >= 11 is 0. The smallest absolute Gasteiger partial charge is 0.304 e. The molecule has 1 N–H and O–H groups in total. The third-order valence-electron chi connectivity index (χ3n) is 3.39. The summed E-state index contributed by atoms with van der Waals surface area (Å²) in [6.45, 7) is 6.53. The molecule has 88 valence electrons. The minimum Gasteiger partial charge on any atom is -0.481 e. The number of carboxylic acid groups (broad SMARTS) is 1. The summed E-state index contributed by atoms with van der Waals surface area (Å²) in [5.41, 5.74) is 0. The maximum atomic E-state index is 10.8. The van der Waals surface area contributed by atoms with Crippen LogP contribution in [0.25, 0.3) is 0 Å². The van der Waals surface area contributed by atoms with Crippen LogP contribution < -0.4 is 0 Å². The standard InChI is InChI=1S/C12H23NO2/c1-3-6-10(2)11(9-12(14)15)13-7-4-5-8-13/h10-11H,3-9H2,1-2H3,(H,14,15). The lowest BCUT2D eigenvalue weighted by molar-refractivity contribution is -0.138. The highest BCUT2D eigenvalue weighted by molar-refractivity contribution is 5.67. The topological polar surface area (TPSA) is 40.5 Å². The molecule has 0 aromatic heterocycles. The van der Waals surface area contributed by atoms with E-state index < -0.39 is 5.97 Å². The van der Waals surface area contributed by atoms with Crippen molar-refractivity contribution in [2.24, 2.45) is 5.92 Å². The second-order valence-electron chi connectivity index (χ2n) is 4.67. The highest BCUT2D eigenvalue weighted by Crippen LogP contribution is 2.23. The number of likely N-dealkylation sites (tertiary alicyclic amines) is 1. The van der Waals surface area contributed by atoms with E-state index in [0.717, 1.165) is 25.9 Å². The van der Waals surface area contributed by atoms with E-state index in [4.69, 9.17) is 5.11 Å². The lowest BCUT2D eigenvalue weighted by atomic mass is 9.93. The molecule has 0 bridgehead atoms. The molecule has 1 aliphatic heterocycles. The van der Waals surface area contributed by atoms with Gasteiger partial charge in [0.2, 0.25) is 0 Å². The zero-order valence-electron chi connectivity index (χ0n) is 9.91. The van der Waals surface area contributed by atoms with Gasteiger partial charge in [0, 0.05) is 6.04 Å². The SMILES string of the molecule is CCCC(C)C(CC(=O)O)N1CCCC1. The monoisotopic (exact) mass is 213 g/mol. The maximum Gasteiger partial charge on any atom is 0.304 e. The van der Waals surface area contributed by atoms with Crippen molar-refractivity contribution < 1.29 is 9.90 Å². The zero-order chi connectivity index (χ0) is 11.3. The molecule has 0 spiro atoms. The summed E-state index contributed by atoms with van der Waals surface area (Å²) in [5.74, 6) is -0.154. The predicted molar refractivity (Wildman–Crippen MR) is 60.9 cm³/mol. The molecular weight excluding hydrogens is 190 g/mol. The fourth-order valence-electron chi connectivity index (χ4n) is 2.59. The molecule has 0 aromatic rings. The number of hydrogen-bond donors (Lipinski definition) is 1. The molecule has 15 heavy (non-hydrogen) atoms. The van der Waals surface area contributed by atoms with Gasteiger partial charge in [0.1, 0.15) is 0 Å². The van der Waals surface area contributed by atoms with E-state index >= 15 is 0 Å². The number of hydrogen-bond acceptors (Lipinski definition) is 2. The Morgan fingerprint density at radius 3 is 2.47 bits per heavy atom. The van der Waals surface area contributed by atoms with Crippen molar-refractivity contribution in [3.05, 3.63) is 0 Å². The number of aliphatic carboxylic acids is 1. The molecule has 1 aliphatic rings. The van der Waals surface area contributed by atoms with Gasteiger partial charge >= 0.3 is 5.97 Å². The highest BCUT2D eigenvalue weighted by Gasteiger charge is 2.28. The van der Waals surface area contributed by atoms with E-state index in [0.29, 0.717) is 12.3 Å². The first-order valence-corrected chi connectivity index (χ1v) is 6.11. The molecule has 1 saturated heterocycles. The van der Waals surface area contributed by atoms with E-state index in [2.05, 4.69) is 18.7 Å². The first-order chi connectivity index (χ1) is 7.15. The molecule has 3 heteroatoms. The van der Waals surface area contributed by atoms with Crippen LogP contribution in [-0.2, 0) is 4.79 Å². The largest absolute Gasteiger partial charge is 0.481 e. The second kappa shape index (κ2) is 6.11. The van der Waals surface area contributed by atoms with Crippen molar-refractivity contribution >= 4 is 5.97 Å². The third kappa shape index (κ3) is 3.82. The molecule has 0 radical (unpaired) electrons. The summed E-state index contributed by atoms with van der Waals surface area (Å²) in [4.78, 5) is 13.2. The number of nitrogens with zero attached hydrogens (tertiary/aromatic N) is 1. The Morgan fingerprint density at radius 2 is 2.00 bits per heavy atom. The lowest BCUT2D eigenvalue weighted by Crippen LogP contribution is -2.39. The fraction of sp³-hybridized carbons (Fsp3) is 0.917. The van der Waals surface area contributed by atoms with Gasteiger partial charge in [-0.3, -0.25) is 9.69 Å². The van der Waals surface area contributed by atoms with Crippen LogP contribution in [0.15, 0.2) is 0 Å². The van der Waals surface area contributed by atoms with Crippen molar-refractivity contribution in [2.45, 2.75) is 52.0 Å². The van der Waals surface area contributed by atoms with Crippen LogP contribution in [0.3, 0.4) is 0 Å². The first-order valence-electron chi connectivity index (χ1n) is 6.11. The van der Waals surface area contributed by atoms with E-state index in [1.54, 1.807) is 0 Å². The Bertz CT molecular complexity index is 200. The summed E-state index contributed by atoms with van der Waals surface area (Å²) in [7, 11) is 0. The lowest BCUT2D eigenvalue weighted by Gasteiger charge is -2.31. The van der Waals surface area contributed by atoms with Crippen LogP contribution >= 0.6 is 0 Å². The van der Waals surface area contributed by atoms with Crippen LogP contribution in [0.4, 0.5) is 0 Å². The van der Waals surface area contributed by atoms with Gasteiger partial charge in [-0.25, -0.2) is 0 Å². The normalized spacial score (nSPS) is 21.5. The average Bonchev–Trinajstić information content (AvgIpc) is 2.66. The molecule has 2 atom stereocenters. The number of carboxylic acids is 1. The second-order valence-corrected chi connectivity index (χ2v) is 4.67. The summed E-state index contributed by atoms with van der Waals surface area (Å²) in [6.07, 6.45) is 5.05. The Balaban J connectivity index is 2.54. The van der Waals surface area contributed by atoms with E-state index in [-0.39, 0.29) is 6.04 Å². The fourth-order valence-corrected chi connectivity index (χ4v) is 2.59. The zero-order valence-corrected chi connectivity index (χ0v) is 9.91. The van der Waals surface area contributed by atoms with Gasteiger partial charge in [-0.05, 0) is 38.3 Å². The van der Waals surface area contributed by atoms with E-state index in [1.165, 1.54) is 12.8 Å². The van der Waals surface area contributed by atoms with Gasteiger partial charge in [0.25, 0.3) is 0 Å². The van der Waals surface area contributed by atoms with Gasteiger partial charge < -0.3 is 5.11 Å². The minimum atomic E-state index is -0.658. The van der Waals surface area contributed by atoms with Crippen molar-refractivity contribution in [2.75, 3.05) is 13.1 Å².